The Labute approximate surface area is 129 Å². The summed E-state index contributed by atoms with van der Waals surface area (Å²) in [5.41, 5.74) is 7.48. The molecule has 0 bridgehead atoms. The topological polar surface area (TPSA) is 46.3 Å². The molecule has 0 unspecified atom stereocenters. The van der Waals surface area contributed by atoms with E-state index in [0.29, 0.717) is 18.7 Å². The van der Waals surface area contributed by atoms with E-state index < -0.39 is 0 Å². The van der Waals surface area contributed by atoms with Gasteiger partial charge in [0.25, 0.3) is 0 Å². The number of rotatable bonds is 10. The number of nitrogens with zero attached hydrogens (tertiary/aromatic N) is 1. The average molecular weight is 290 g/mol. The number of para-hydroxylation sites is 2. The lowest BCUT2D eigenvalue weighted by molar-refractivity contribution is -0.118. The van der Waals surface area contributed by atoms with Crippen LogP contribution < -0.4 is 10.6 Å². The van der Waals surface area contributed by atoms with E-state index >= 15 is 0 Å². The number of hydrogen-bond donors (Lipinski definition) is 1. The number of carbonyl (C=O) groups is 1. The highest BCUT2D eigenvalue weighted by atomic mass is 16.2. The first kappa shape index (κ1) is 17.5. The van der Waals surface area contributed by atoms with Crippen LogP contribution in [0.5, 0.6) is 0 Å². The van der Waals surface area contributed by atoms with Crippen LogP contribution in [0, 0.1) is 0 Å². The van der Waals surface area contributed by atoms with E-state index in [0.717, 1.165) is 18.5 Å². The van der Waals surface area contributed by atoms with Crippen LogP contribution >= 0.6 is 0 Å². The van der Waals surface area contributed by atoms with Crippen molar-refractivity contribution in [2.75, 3.05) is 17.2 Å². The SMILES string of the molecule is CCCCCCCCCC(=O)N(CC)c1ccccc1N. The van der Waals surface area contributed by atoms with Crippen LogP contribution in [0.4, 0.5) is 11.4 Å². The van der Waals surface area contributed by atoms with Crippen LogP contribution in [0.25, 0.3) is 0 Å². The van der Waals surface area contributed by atoms with Gasteiger partial charge in [0.2, 0.25) is 5.91 Å². The van der Waals surface area contributed by atoms with Gasteiger partial charge in [0.1, 0.15) is 0 Å². The predicted octanol–water partition coefficient (Wildman–Crippen LogP) is 4.76. The summed E-state index contributed by atoms with van der Waals surface area (Å²) in [5.74, 6) is 0.184. The molecule has 0 spiro atoms. The van der Waals surface area contributed by atoms with Gasteiger partial charge in [0.15, 0.2) is 0 Å². The molecule has 2 N–H and O–H groups in total. The number of anilines is 2. The molecular formula is C18H30N2O. The van der Waals surface area contributed by atoms with Crippen LogP contribution in [0.15, 0.2) is 24.3 Å². The minimum Gasteiger partial charge on any atom is -0.397 e. The molecule has 3 heteroatoms. The van der Waals surface area contributed by atoms with Crippen molar-refractivity contribution in [1.29, 1.82) is 0 Å². The Morgan fingerprint density at radius 1 is 1.00 bits per heavy atom. The molecule has 0 fully saturated rings. The van der Waals surface area contributed by atoms with Gasteiger partial charge in [0.05, 0.1) is 11.4 Å². The van der Waals surface area contributed by atoms with Crippen molar-refractivity contribution in [1.82, 2.24) is 0 Å². The molecule has 0 atom stereocenters. The highest BCUT2D eigenvalue weighted by molar-refractivity contribution is 5.96. The normalized spacial score (nSPS) is 10.6. The molecule has 1 rings (SSSR count). The van der Waals surface area contributed by atoms with E-state index in [1.54, 1.807) is 4.90 Å². The Morgan fingerprint density at radius 3 is 2.24 bits per heavy atom. The van der Waals surface area contributed by atoms with Crippen LogP contribution in [0.1, 0.15) is 65.2 Å². The minimum absolute atomic E-state index is 0.184. The van der Waals surface area contributed by atoms with Crippen molar-refractivity contribution < 1.29 is 4.79 Å². The van der Waals surface area contributed by atoms with Crippen molar-refractivity contribution in [3.63, 3.8) is 0 Å². The maximum Gasteiger partial charge on any atom is 0.227 e. The zero-order valence-corrected chi connectivity index (χ0v) is 13.6. The summed E-state index contributed by atoms with van der Waals surface area (Å²) in [7, 11) is 0. The first-order chi connectivity index (χ1) is 10.2. The van der Waals surface area contributed by atoms with E-state index in [2.05, 4.69) is 6.92 Å². The van der Waals surface area contributed by atoms with Crippen molar-refractivity contribution in [3.8, 4) is 0 Å². The number of carbonyl (C=O) groups excluding carboxylic acids is 1. The molecule has 1 aromatic rings. The summed E-state index contributed by atoms with van der Waals surface area (Å²) in [5, 5.41) is 0. The number of hydrogen-bond acceptors (Lipinski definition) is 2. The molecule has 0 aliphatic rings. The lowest BCUT2D eigenvalue weighted by Gasteiger charge is -2.22. The van der Waals surface area contributed by atoms with E-state index in [4.69, 9.17) is 5.73 Å². The highest BCUT2D eigenvalue weighted by Gasteiger charge is 2.15. The number of nitrogen functional groups attached to an aromatic ring is 1. The molecule has 0 aliphatic carbocycles. The fourth-order valence-corrected chi connectivity index (χ4v) is 2.58. The Balaban J connectivity index is 2.34. The summed E-state index contributed by atoms with van der Waals surface area (Å²) in [6, 6.07) is 7.59. The Kier molecular flexibility index (Phi) is 8.56. The Bertz CT molecular complexity index is 417. The third-order valence-corrected chi connectivity index (χ3v) is 3.84. The van der Waals surface area contributed by atoms with Gasteiger partial charge in [-0.1, -0.05) is 57.6 Å². The molecule has 0 aromatic heterocycles. The number of nitrogens with two attached hydrogens (primary N) is 1. The second kappa shape index (κ2) is 10.3. The molecule has 0 saturated carbocycles. The van der Waals surface area contributed by atoms with Crippen LogP contribution in [-0.2, 0) is 4.79 Å². The smallest absolute Gasteiger partial charge is 0.227 e. The molecule has 21 heavy (non-hydrogen) atoms. The molecule has 0 radical (unpaired) electrons. The van der Waals surface area contributed by atoms with E-state index in [1.165, 1.54) is 32.1 Å². The van der Waals surface area contributed by atoms with E-state index in [9.17, 15) is 4.79 Å². The molecule has 118 valence electrons. The van der Waals surface area contributed by atoms with Crippen LogP contribution in [-0.4, -0.2) is 12.5 Å². The third kappa shape index (κ3) is 6.19. The van der Waals surface area contributed by atoms with Crippen LogP contribution in [0.2, 0.25) is 0 Å². The monoisotopic (exact) mass is 290 g/mol. The van der Waals surface area contributed by atoms with Crippen molar-refractivity contribution in [2.45, 2.75) is 65.2 Å². The van der Waals surface area contributed by atoms with Gasteiger partial charge in [-0.15, -0.1) is 0 Å². The lowest BCUT2D eigenvalue weighted by atomic mass is 10.1. The summed E-state index contributed by atoms with van der Waals surface area (Å²) >= 11 is 0. The molecule has 1 aromatic carbocycles. The Morgan fingerprint density at radius 2 is 1.62 bits per heavy atom. The van der Waals surface area contributed by atoms with Crippen LogP contribution in [0.3, 0.4) is 0 Å². The molecule has 0 aliphatic heterocycles. The zero-order valence-electron chi connectivity index (χ0n) is 13.6. The largest absolute Gasteiger partial charge is 0.397 e. The summed E-state index contributed by atoms with van der Waals surface area (Å²) < 4.78 is 0. The molecule has 0 heterocycles. The van der Waals surface area contributed by atoms with Gasteiger partial charge in [0, 0.05) is 13.0 Å². The minimum atomic E-state index is 0.184. The Hall–Kier alpha value is -1.51. The van der Waals surface area contributed by atoms with Gasteiger partial charge in [-0.2, -0.15) is 0 Å². The van der Waals surface area contributed by atoms with Gasteiger partial charge in [-0.25, -0.2) is 0 Å². The average Bonchev–Trinajstić information content (AvgIpc) is 2.49. The molecular weight excluding hydrogens is 260 g/mol. The second-order valence-electron chi connectivity index (χ2n) is 5.57. The maximum atomic E-state index is 12.3. The molecule has 0 saturated heterocycles. The second-order valence-corrected chi connectivity index (χ2v) is 5.57. The summed E-state index contributed by atoms with van der Waals surface area (Å²) in [4.78, 5) is 14.1. The summed E-state index contributed by atoms with van der Waals surface area (Å²) in [6.07, 6.45) is 9.23. The fraction of sp³-hybridized carbons (Fsp3) is 0.611. The highest BCUT2D eigenvalue weighted by Crippen LogP contribution is 2.23. The van der Waals surface area contributed by atoms with Crippen molar-refractivity contribution in [2.24, 2.45) is 0 Å². The van der Waals surface area contributed by atoms with Gasteiger partial charge < -0.3 is 10.6 Å². The first-order valence-corrected chi connectivity index (χ1v) is 8.35. The third-order valence-electron chi connectivity index (χ3n) is 3.84. The van der Waals surface area contributed by atoms with E-state index in [-0.39, 0.29) is 5.91 Å². The molecule has 3 nitrogen and oxygen atoms in total. The first-order valence-electron chi connectivity index (χ1n) is 8.35. The quantitative estimate of drug-likeness (QED) is 0.498. The van der Waals surface area contributed by atoms with Crippen molar-refractivity contribution in [3.05, 3.63) is 24.3 Å². The number of amides is 1. The standard InChI is InChI=1S/C18H30N2O/c1-3-5-6-7-8-9-10-15-18(21)20(4-2)17-14-12-11-13-16(17)19/h11-14H,3-10,15,19H2,1-2H3. The van der Waals surface area contributed by atoms with Crippen molar-refractivity contribution >= 4 is 17.3 Å². The maximum absolute atomic E-state index is 12.3. The van der Waals surface area contributed by atoms with Gasteiger partial charge in [-0.05, 0) is 25.5 Å². The van der Waals surface area contributed by atoms with Gasteiger partial charge >= 0.3 is 0 Å². The fourth-order valence-electron chi connectivity index (χ4n) is 2.58. The summed E-state index contributed by atoms with van der Waals surface area (Å²) in [6.45, 7) is 4.89. The zero-order chi connectivity index (χ0) is 15.5. The predicted molar refractivity (Wildman–Crippen MR) is 91.5 cm³/mol. The van der Waals surface area contributed by atoms with Gasteiger partial charge in [-0.3, -0.25) is 4.79 Å². The van der Waals surface area contributed by atoms with E-state index in [1.807, 2.05) is 31.2 Å². The number of benzene rings is 1. The number of unbranched alkanes of at least 4 members (excludes halogenated alkanes) is 6. The lowest BCUT2D eigenvalue weighted by Crippen LogP contribution is -2.31. The molecule has 1 amide bonds.